The maximum absolute atomic E-state index is 4.48. The Morgan fingerprint density at radius 2 is 2.00 bits per heavy atom. The fourth-order valence-electron chi connectivity index (χ4n) is 3.18. The van der Waals surface area contributed by atoms with Gasteiger partial charge in [0.2, 0.25) is 0 Å². The molecular formula is C15H27N3. The minimum Gasteiger partial charge on any atom is -0.310 e. The van der Waals surface area contributed by atoms with Crippen molar-refractivity contribution < 1.29 is 0 Å². The number of nitrogens with zero attached hydrogens (tertiary/aromatic N) is 2. The van der Waals surface area contributed by atoms with E-state index >= 15 is 0 Å². The van der Waals surface area contributed by atoms with Crippen LogP contribution in [-0.2, 0) is 13.6 Å². The molecule has 3 nitrogen and oxygen atoms in total. The molecule has 0 aliphatic heterocycles. The van der Waals surface area contributed by atoms with Gasteiger partial charge in [0.15, 0.2) is 0 Å². The molecule has 102 valence electrons. The third-order valence-corrected chi connectivity index (χ3v) is 4.91. The van der Waals surface area contributed by atoms with E-state index in [9.17, 15) is 0 Å². The Balaban J connectivity index is 1.99. The fourth-order valence-corrected chi connectivity index (χ4v) is 3.18. The highest BCUT2D eigenvalue weighted by molar-refractivity contribution is 5.24. The highest BCUT2D eigenvalue weighted by Gasteiger charge is 2.26. The monoisotopic (exact) mass is 249 g/mol. The molecule has 2 rings (SSSR count). The molecule has 0 amide bonds. The Kier molecular flexibility index (Phi) is 4.10. The zero-order valence-corrected chi connectivity index (χ0v) is 12.5. The van der Waals surface area contributed by atoms with Crippen LogP contribution in [0.3, 0.4) is 0 Å². The second-order valence-corrected chi connectivity index (χ2v) is 6.03. The molecule has 0 saturated heterocycles. The Morgan fingerprint density at radius 1 is 1.28 bits per heavy atom. The van der Waals surface area contributed by atoms with Gasteiger partial charge < -0.3 is 5.32 Å². The first-order chi connectivity index (χ1) is 8.50. The van der Waals surface area contributed by atoms with Crippen molar-refractivity contribution in [3.8, 4) is 0 Å². The molecule has 3 unspecified atom stereocenters. The average Bonchev–Trinajstić information content (AvgIpc) is 2.56. The number of aryl methyl sites for hydroxylation is 2. The summed E-state index contributed by atoms with van der Waals surface area (Å²) in [5.41, 5.74) is 3.83. The average molecular weight is 249 g/mol. The van der Waals surface area contributed by atoms with E-state index in [1.54, 1.807) is 0 Å². The van der Waals surface area contributed by atoms with Crippen molar-refractivity contribution in [2.24, 2.45) is 18.9 Å². The molecule has 0 spiro atoms. The minimum atomic E-state index is 0.674. The molecule has 1 aromatic heterocycles. The van der Waals surface area contributed by atoms with Crippen molar-refractivity contribution >= 4 is 0 Å². The molecule has 1 aromatic rings. The van der Waals surface area contributed by atoms with E-state index in [-0.39, 0.29) is 0 Å². The van der Waals surface area contributed by atoms with Crippen LogP contribution in [0.4, 0.5) is 0 Å². The molecule has 1 heterocycles. The van der Waals surface area contributed by atoms with E-state index in [1.807, 2.05) is 11.7 Å². The third kappa shape index (κ3) is 2.61. The molecule has 0 aromatic carbocycles. The zero-order valence-electron chi connectivity index (χ0n) is 12.5. The lowest BCUT2D eigenvalue weighted by Crippen LogP contribution is -2.40. The summed E-state index contributed by atoms with van der Waals surface area (Å²) in [5, 5.41) is 8.24. The van der Waals surface area contributed by atoms with Crippen LogP contribution in [0.15, 0.2) is 0 Å². The molecule has 1 aliphatic rings. The molecule has 1 saturated carbocycles. The Morgan fingerprint density at radius 3 is 2.61 bits per heavy atom. The van der Waals surface area contributed by atoms with E-state index in [0.717, 1.165) is 18.4 Å². The van der Waals surface area contributed by atoms with Crippen LogP contribution in [-0.4, -0.2) is 15.8 Å². The summed E-state index contributed by atoms with van der Waals surface area (Å²) in [5.74, 6) is 1.64. The van der Waals surface area contributed by atoms with Crippen molar-refractivity contribution in [2.45, 2.75) is 59.5 Å². The fraction of sp³-hybridized carbons (Fsp3) is 0.800. The molecule has 0 bridgehead atoms. The van der Waals surface area contributed by atoms with E-state index in [4.69, 9.17) is 0 Å². The van der Waals surface area contributed by atoms with Crippen LogP contribution in [0.2, 0.25) is 0 Å². The van der Waals surface area contributed by atoms with Crippen molar-refractivity contribution in [3.05, 3.63) is 17.0 Å². The van der Waals surface area contributed by atoms with Crippen molar-refractivity contribution in [1.29, 1.82) is 0 Å². The number of nitrogens with one attached hydrogen (secondary N) is 1. The lowest BCUT2D eigenvalue weighted by molar-refractivity contribution is 0.206. The van der Waals surface area contributed by atoms with Gasteiger partial charge in [0.1, 0.15) is 0 Å². The summed E-state index contributed by atoms with van der Waals surface area (Å²) in [4.78, 5) is 0. The summed E-state index contributed by atoms with van der Waals surface area (Å²) in [6.45, 7) is 10.0. The van der Waals surface area contributed by atoms with Crippen LogP contribution in [0.1, 0.15) is 50.1 Å². The standard InChI is InChI=1S/C15H27N3/c1-10-7-6-8-15(11(10)2)16-9-14-12(3)17-18(5)13(14)4/h10-11,15-16H,6-9H2,1-5H3. The van der Waals surface area contributed by atoms with Crippen molar-refractivity contribution in [3.63, 3.8) is 0 Å². The van der Waals surface area contributed by atoms with Gasteiger partial charge in [-0.15, -0.1) is 0 Å². The summed E-state index contributed by atoms with van der Waals surface area (Å²) in [6, 6.07) is 0.674. The second-order valence-electron chi connectivity index (χ2n) is 6.03. The molecule has 0 radical (unpaired) electrons. The van der Waals surface area contributed by atoms with Crippen molar-refractivity contribution in [2.75, 3.05) is 0 Å². The molecule has 18 heavy (non-hydrogen) atoms. The SMILES string of the molecule is Cc1nn(C)c(C)c1CNC1CCCC(C)C1C. The van der Waals surface area contributed by atoms with E-state index in [0.29, 0.717) is 6.04 Å². The van der Waals surface area contributed by atoms with Gasteiger partial charge in [-0.3, -0.25) is 4.68 Å². The van der Waals surface area contributed by atoms with Gasteiger partial charge in [0.25, 0.3) is 0 Å². The highest BCUT2D eigenvalue weighted by Crippen LogP contribution is 2.29. The van der Waals surface area contributed by atoms with Gasteiger partial charge >= 0.3 is 0 Å². The summed E-state index contributed by atoms with van der Waals surface area (Å²) in [6.07, 6.45) is 4.09. The predicted octanol–water partition coefficient (Wildman–Crippen LogP) is 2.95. The maximum Gasteiger partial charge on any atom is 0.0641 e. The smallest absolute Gasteiger partial charge is 0.0641 e. The molecular weight excluding hydrogens is 222 g/mol. The lowest BCUT2D eigenvalue weighted by Gasteiger charge is -2.34. The first kappa shape index (κ1) is 13.6. The number of rotatable bonds is 3. The Bertz CT molecular complexity index is 408. The largest absolute Gasteiger partial charge is 0.310 e. The van der Waals surface area contributed by atoms with Crippen LogP contribution in [0.25, 0.3) is 0 Å². The van der Waals surface area contributed by atoms with Gasteiger partial charge in [-0.2, -0.15) is 5.10 Å². The number of hydrogen-bond donors (Lipinski definition) is 1. The first-order valence-electron chi connectivity index (χ1n) is 7.23. The van der Waals surface area contributed by atoms with Gasteiger partial charge in [-0.25, -0.2) is 0 Å². The zero-order chi connectivity index (χ0) is 13.3. The van der Waals surface area contributed by atoms with Crippen molar-refractivity contribution in [1.82, 2.24) is 15.1 Å². The summed E-state index contributed by atoms with van der Waals surface area (Å²) in [7, 11) is 2.02. The molecule has 1 N–H and O–H groups in total. The lowest BCUT2D eigenvalue weighted by atomic mass is 9.78. The Hall–Kier alpha value is -0.830. The topological polar surface area (TPSA) is 29.9 Å². The number of aromatic nitrogens is 2. The third-order valence-electron chi connectivity index (χ3n) is 4.91. The molecule has 1 fully saturated rings. The van der Waals surface area contributed by atoms with E-state index < -0.39 is 0 Å². The normalized spacial score (nSPS) is 28.6. The van der Waals surface area contributed by atoms with E-state index in [1.165, 1.54) is 36.2 Å². The van der Waals surface area contributed by atoms with Gasteiger partial charge in [0, 0.05) is 30.9 Å². The maximum atomic E-state index is 4.48. The molecule has 1 aliphatic carbocycles. The highest BCUT2D eigenvalue weighted by atomic mass is 15.3. The minimum absolute atomic E-state index is 0.674. The van der Waals surface area contributed by atoms with Gasteiger partial charge in [-0.05, 0) is 32.1 Å². The van der Waals surface area contributed by atoms with Crippen LogP contribution < -0.4 is 5.32 Å². The summed E-state index contributed by atoms with van der Waals surface area (Å²) >= 11 is 0. The van der Waals surface area contributed by atoms with Gasteiger partial charge in [-0.1, -0.05) is 26.7 Å². The quantitative estimate of drug-likeness (QED) is 0.892. The van der Waals surface area contributed by atoms with E-state index in [2.05, 4.69) is 38.1 Å². The summed E-state index contributed by atoms with van der Waals surface area (Å²) < 4.78 is 1.99. The van der Waals surface area contributed by atoms with Gasteiger partial charge in [0.05, 0.1) is 5.69 Å². The molecule has 3 atom stereocenters. The molecule has 3 heteroatoms. The Labute approximate surface area is 111 Å². The first-order valence-corrected chi connectivity index (χ1v) is 7.23. The second kappa shape index (κ2) is 5.43. The predicted molar refractivity (Wildman–Crippen MR) is 75.5 cm³/mol. The number of hydrogen-bond acceptors (Lipinski definition) is 2. The van der Waals surface area contributed by atoms with Crippen LogP contribution >= 0.6 is 0 Å². The van der Waals surface area contributed by atoms with Crippen LogP contribution in [0, 0.1) is 25.7 Å². The van der Waals surface area contributed by atoms with Crippen LogP contribution in [0.5, 0.6) is 0 Å².